The molecule has 0 radical (unpaired) electrons. The van der Waals surface area contributed by atoms with Gasteiger partial charge in [0.05, 0.1) is 5.03 Å². The van der Waals surface area contributed by atoms with Crippen LogP contribution in [0.3, 0.4) is 0 Å². The van der Waals surface area contributed by atoms with Crippen molar-refractivity contribution in [3.8, 4) is 0 Å². The maximum atomic E-state index is 11.7. The highest BCUT2D eigenvalue weighted by molar-refractivity contribution is 7.99. The van der Waals surface area contributed by atoms with Crippen molar-refractivity contribution in [2.75, 3.05) is 5.75 Å². The van der Waals surface area contributed by atoms with Crippen LogP contribution in [0.1, 0.15) is 42.7 Å². The Morgan fingerprint density at radius 2 is 1.91 bits per heavy atom. The lowest BCUT2D eigenvalue weighted by molar-refractivity contribution is -0.110. The second-order valence-electron chi connectivity index (χ2n) is 6.67. The summed E-state index contributed by atoms with van der Waals surface area (Å²) in [5.74, 6) is 0.630. The van der Waals surface area contributed by atoms with E-state index in [2.05, 4.69) is 50.0 Å². The van der Waals surface area contributed by atoms with Gasteiger partial charge in [-0.25, -0.2) is 0 Å². The van der Waals surface area contributed by atoms with E-state index in [0.29, 0.717) is 0 Å². The molecule has 0 bridgehead atoms. The molecular weight excluding hydrogens is 314 g/mol. The Hall–Kier alpha value is -1.33. The monoisotopic (exact) mass is 333 g/mol. The zero-order chi connectivity index (χ0) is 15.9. The molecule has 0 amide bonds. The number of thioether (sulfide) groups is 1. The van der Waals surface area contributed by atoms with Crippen LogP contribution in [0.25, 0.3) is 0 Å². The summed E-state index contributed by atoms with van der Waals surface area (Å²) >= 11 is 2.80. The predicted molar refractivity (Wildman–Crippen MR) is 92.2 cm³/mol. The van der Waals surface area contributed by atoms with Crippen molar-refractivity contribution in [2.45, 2.75) is 37.1 Å². The lowest BCUT2D eigenvalue weighted by atomic mass is 9.82. The van der Waals surface area contributed by atoms with Gasteiger partial charge >= 0.3 is 4.87 Å². The molecule has 2 atom stereocenters. The van der Waals surface area contributed by atoms with Crippen LogP contribution in [-0.2, 0) is 10.2 Å². The zero-order valence-corrected chi connectivity index (χ0v) is 14.5. The molecule has 1 aromatic heterocycles. The number of H-pyrrole nitrogens is 1. The standard InChI is InChI=1S/C17H19NO2S2/c1-17(2,3)12-6-4-10(5-7-12)13-11(8-19)9-21-15-14(13)22-16(20)18-15/h4-8,11,13H,9H2,1-3H3,(H,18,20)/t11-,13-/m1/s1. The number of nitrogens with one attached hydrogen (secondary N) is 1. The highest BCUT2D eigenvalue weighted by atomic mass is 32.2. The Labute approximate surface area is 138 Å². The third-order valence-electron chi connectivity index (χ3n) is 4.08. The van der Waals surface area contributed by atoms with Gasteiger partial charge < -0.3 is 9.78 Å². The molecular formula is C17H19NO2S2. The third kappa shape index (κ3) is 2.79. The van der Waals surface area contributed by atoms with Crippen molar-refractivity contribution in [3.63, 3.8) is 0 Å². The van der Waals surface area contributed by atoms with E-state index in [1.807, 2.05) is 0 Å². The van der Waals surface area contributed by atoms with E-state index in [9.17, 15) is 9.59 Å². The van der Waals surface area contributed by atoms with Gasteiger partial charge in [0.25, 0.3) is 0 Å². The number of hydrogen-bond acceptors (Lipinski definition) is 4. The average molecular weight is 333 g/mol. The van der Waals surface area contributed by atoms with Crippen LogP contribution in [0.5, 0.6) is 0 Å². The molecule has 1 N–H and O–H groups in total. The van der Waals surface area contributed by atoms with Gasteiger partial charge in [-0.05, 0) is 16.5 Å². The van der Waals surface area contributed by atoms with E-state index < -0.39 is 0 Å². The molecule has 116 valence electrons. The number of hydrogen-bond donors (Lipinski definition) is 1. The minimum Gasteiger partial charge on any atom is -0.307 e. The molecule has 0 spiro atoms. The number of aldehydes is 1. The van der Waals surface area contributed by atoms with Crippen molar-refractivity contribution in [2.24, 2.45) is 5.92 Å². The van der Waals surface area contributed by atoms with Gasteiger partial charge in [0.15, 0.2) is 0 Å². The maximum absolute atomic E-state index is 11.7. The van der Waals surface area contributed by atoms with E-state index >= 15 is 0 Å². The molecule has 0 fully saturated rings. The highest BCUT2D eigenvalue weighted by Crippen LogP contribution is 2.44. The summed E-state index contributed by atoms with van der Waals surface area (Å²) in [5.41, 5.74) is 2.49. The van der Waals surface area contributed by atoms with Crippen molar-refractivity contribution in [3.05, 3.63) is 49.9 Å². The first-order valence-corrected chi connectivity index (χ1v) is 9.12. The molecule has 0 unspecified atom stereocenters. The number of rotatable bonds is 2. The van der Waals surface area contributed by atoms with Gasteiger partial charge in [-0.15, -0.1) is 11.8 Å². The molecule has 1 aliphatic heterocycles. The smallest absolute Gasteiger partial charge is 0.305 e. The molecule has 5 heteroatoms. The average Bonchev–Trinajstić information content (AvgIpc) is 2.85. The van der Waals surface area contributed by atoms with Crippen LogP contribution in [0.4, 0.5) is 0 Å². The Bertz CT molecular complexity index is 737. The third-order valence-corrected chi connectivity index (χ3v) is 6.34. The molecule has 0 saturated heterocycles. The lowest BCUT2D eigenvalue weighted by Gasteiger charge is -2.28. The Morgan fingerprint density at radius 1 is 1.23 bits per heavy atom. The first-order chi connectivity index (χ1) is 10.4. The molecule has 3 nitrogen and oxygen atoms in total. The summed E-state index contributed by atoms with van der Waals surface area (Å²) in [7, 11) is 0. The summed E-state index contributed by atoms with van der Waals surface area (Å²) in [6.45, 7) is 6.55. The van der Waals surface area contributed by atoms with Crippen LogP contribution in [-0.4, -0.2) is 17.0 Å². The van der Waals surface area contributed by atoms with Gasteiger partial charge in [0, 0.05) is 22.5 Å². The van der Waals surface area contributed by atoms with Crippen molar-refractivity contribution in [1.29, 1.82) is 0 Å². The minimum atomic E-state index is -0.0792. The number of thiazole rings is 1. The molecule has 1 aliphatic rings. The minimum absolute atomic E-state index is 0.00767. The predicted octanol–water partition coefficient (Wildman–Crippen LogP) is 3.79. The fourth-order valence-electron chi connectivity index (χ4n) is 2.82. The van der Waals surface area contributed by atoms with Crippen LogP contribution < -0.4 is 4.87 Å². The van der Waals surface area contributed by atoms with Crippen LogP contribution >= 0.6 is 23.1 Å². The highest BCUT2D eigenvalue weighted by Gasteiger charge is 2.33. The lowest BCUT2D eigenvalue weighted by Crippen LogP contribution is -2.22. The topological polar surface area (TPSA) is 49.9 Å². The molecule has 0 aliphatic carbocycles. The van der Waals surface area contributed by atoms with E-state index in [-0.39, 0.29) is 22.1 Å². The van der Waals surface area contributed by atoms with Crippen LogP contribution in [0, 0.1) is 5.92 Å². The van der Waals surface area contributed by atoms with E-state index in [1.54, 1.807) is 11.8 Å². The number of carbonyl (C=O) groups excluding carboxylic acids is 1. The summed E-state index contributed by atoms with van der Waals surface area (Å²) in [6, 6.07) is 8.47. The molecule has 3 rings (SSSR count). The van der Waals surface area contributed by atoms with Crippen LogP contribution in [0.15, 0.2) is 34.1 Å². The van der Waals surface area contributed by atoms with Crippen LogP contribution in [0.2, 0.25) is 0 Å². The second-order valence-corrected chi connectivity index (χ2v) is 8.71. The molecule has 2 heterocycles. The van der Waals surface area contributed by atoms with Crippen molar-refractivity contribution < 1.29 is 4.79 Å². The van der Waals surface area contributed by atoms with E-state index in [4.69, 9.17) is 0 Å². The molecule has 22 heavy (non-hydrogen) atoms. The van der Waals surface area contributed by atoms with Gasteiger partial charge in [0.1, 0.15) is 6.29 Å². The molecule has 1 aromatic carbocycles. The number of benzene rings is 1. The van der Waals surface area contributed by atoms with Gasteiger partial charge in [-0.3, -0.25) is 4.79 Å². The normalized spacial score (nSPS) is 21.4. The first-order valence-electron chi connectivity index (χ1n) is 7.31. The number of fused-ring (bicyclic) bond motifs is 1. The van der Waals surface area contributed by atoms with E-state index in [0.717, 1.165) is 27.5 Å². The van der Waals surface area contributed by atoms with Gasteiger partial charge in [-0.2, -0.15) is 0 Å². The second kappa shape index (κ2) is 5.70. The Balaban J connectivity index is 2.04. The van der Waals surface area contributed by atoms with Crippen molar-refractivity contribution >= 4 is 29.4 Å². The van der Waals surface area contributed by atoms with E-state index in [1.165, 1.54) is 16.9 Å². The quantitative estimate of drug-likeness (QED) is 0.851. The number of aromatic nitrogens is 1. The Morgan fingerprint density at radius 3 is 2.50 bits per heavy atom. The largest absolute Gasteiger partial charge is 0.307 e. The van der Waals surface area contributed by atoms with Gasteiger partial charge in [-0.1, -0.05) is 56.4 Å². The maximum Gasteiger partial charge on any atom is 0.305 e. The fourth-order valence-corrected chi connectivity index (χ4v) is 5.18. The SMILES string of the molecule is CC(C)(C)c1ccc([C@H]2c3sc(=O)[nH]c3SC[C@H]2C=O)cc1. The molecule has 0 saturated carbocycles. The Kier molecular flexibility index (Phi) is 4.03. The fraction of sp³-hybridized carbons (Fsp3) is 0.412. The number of aromatic amines is 1. The summed E-state index contributed by atoms with van der Waals surface area (Å²) in [5, 5.41) is 0.929. The number of carbonyl (C=O) groups is 1. The summed E-state index contributed by atoms with van der Waals surface area (Å²) in [4.78, 5) is 27.0. The summed E-state index contributed by atoms with van der Waals surface area (Å²) < 4.78 is 0. The summed E-state index contributed by atoms with van der Waals surface area (Å²) in [6.07, 6.45) is 1.03. The van der Waals surface area contributed by atoms with Crippen molar-refractivity contribution in [1.82, 2.24) is 4.98 Å². The van der Waals surface area contributed by atoms with Gasteiger partial charge in [0.2, 0.25) is 0 Å². The first kappa shape index (κ1) is 15.6. The molecule has 2 aromatic rings. The zero-order valence-electron chi connectivity index (χ0n) is 12.9.